The summed E-state index contributed by atoms with van der Waals surface area (Å²) in [5.41, 5.74) is 1.24. The van der Waals surface area contributed by atoms with Gasteiger partial charge in [0.15, 0.2) is 0 Å². The summed E-state index contributed by atoms with van der Waals surface area (Å²) >= 11 is 0. The molecule has 0 bridgehead atoms. The molecule has 1 saturated heterocycles. The van der Waals surface area contributed by atoms with E-state index in [9.17, 15) is 4.79 Å². The molecule has 104 valence electrons. The molecular weight excluding hydrogens is 240 g/mol. The first-order valence-corrected chi connectivity index (χ1v) is 7.00. The summed E-state index contributed by atoms with van der Waals surface area (Å²) in [4.78, 5) is 13.8. The Labute approximate surface area is 114 Å². The van der Waals surface area contributed by atoms with E-state index in [1.165, 1.54) is 5.56 Å². The van der Waals surface area contributed by atoms with Crippen molar-refractivity contribution in [1.29, 1.82) is 0 Å². The van der Waals surface area contributed by atoms with Crippen molar-refractivity contribution >= 4 is 5.91 Å². The van der Waals surface area contributed by atoms with Crippen molar-refractivity contribution in [3.8, 4) is 5.75 Å². The molecule has 0 atom stereocenters. The van der Waals surface area contributed by atoms with E-state index >= 15 is 0 Å². The molecule has 19 heavy (non-hydrogen) atoms. The van der Waals surface area contributed by atoms with Crippen molar-refractivity contribution in [2.75, 3.05) is 32.8 Å². The van der Waals surface area contributed by atoms with E-state index in [0.717, 1.165) is 38.2 Å². The molecule has 4 heteroatoms. The van der Waals surface area contributed by atoms with Crippen LogP contribution in [-0.2, 0) is 11.2 Å². The highest BCUT2D eigenvalue weighted by Gasteiger charge is 2.15. The van der Waals surface area contributed by atoms with Crippen LogP contribution in [-0.4, -0.2) is 43.6 Å². The van der Waals surface area contributed by atoms with Crippen LogP contribution in [0.25, 0.3) is 0 Å². The molecule has 0 radical (unpaired) electrons. The Bertz CT molecular complexity index is 403. The van der Waals surface area contributed by atoms with E-state index in [4.69, 9.17) is 4.74 Å². The molecule has 0 unspecified atom stereocenters. The van der Waals surface area contributed by atoms with Crippen LogP contribution in [0.2, 0.25) is 0 Å². The summed E-state index contributed by atoms with van der Waals surface area (Å²) < 4.78 is 5.42. The molecule has 0 saturated carbocycles. The second-order valence-electron chi connectivity index (χ2n) is 4.74. The van der Waals surface area contributed by atoms with E-state index in [2.05, 4.69) is 17.4 Å². The summed E-state index contributed by atoms with van der Waals surface area (Å²) in [5, 5.41) is 3.14. The predicted octanol–water partition coefficient (Wildman–Crippen LogP) is 1.45. The van der Waals surface area contributed by atoms with Gasteiger partial charge in [0.25, 0.3) is 0 Å². The molecule has 1 fully saturated rings. The minimum absolute atomic E-state index is 0.212. The average molecular weight is 262 g/mol. The number of carbonyl (C=O) groups excluding carboxylic acids is 1. The van der Waals surface area contributed by atoms with E-state index < -0.39 is 0 Å². The van der Waals surface area contributed by atoms with Gasteiger partial charge < -0.3 is 15.0 Å². The number of carbonyl (C=O) groups is 1. The van der Waals surface area contributed by atoms with Gasteiger partial charge in [0, 0.05) is 13.1 Å². The lowest BCUT2D eigenvalue weighted by molar-refractivity contribution is -0.129. The Balaban J connectivity index is 1.85. The molecule has 1 heterocycles. The zero-order chi connectivity index (χ0) is 13.5. The number of amides is 1. The fraction of sp³-hybridized carbons (Fsp3) is 0.533. The third-order valence-corrected chi connectivity index (χ3v) is 3.32. The molecule has 0 spiro atoms. The molecule has 0 aromatic heterocycles. The molecule has 2 rings (SSSR count). The summed E-state index contributed by atoms with van der Waals surface area (Å²) in [6.07, 6.45) is 1.94. The molecular formula is C15H22N2O2. The molecule has 1 amide bonds. The highest BCUT2D eigenvalue weighted by Crippen LogP contribution is 2.13. The number of benzene rings is 1. The highest BCUT2D eigenvalue weighted by atomic mass is 16.5. The zero-order valence-electron chi connectivity index (χ0n) is 11.5. The van der Waals surface area contributed by atoms with Gasteiger partial charge in [-0.2, -0.15) is 0 Å². The maximum absolute atomic E-state index is 11.8. The maximum Gasteiger partial charge on any atom is 0.236 e. The third-order valence-electron chi connectivity index (χ3n) is 3.32. The van der Waals surface area contributed by atoms with Gasteiger partial charge >= 0.3 is 0 Å². The second-order valence-corrected chi connectivity index (χ2v) is 4.74. The lowest BCUT2D eigenvalue weighted by atomic mass is 10.1. The van der Waals surface area contributed by atoms with E-state index in [0.29, 0.717) is 13.2 Å². The van der Waals surface area contributed by atoms with Gasteiger partial charge in [-0.25, -0.2) is 0 Å². The van der Waals surface area contributed by atoms with Crippen LogP contribution in [0.15, 0.2) is 24.3 Å². The van der Waals surface area contributed by atoms with Crippen molar-refractivity contribution < 1.29 is 9.53 Å². The first-order chi connectivity index (χ1) is 9.29. The summed E-state index contributed by atoms with van der Waals surface area (Å²) in [5.74, 6) is 1.12. The van der Waals surface area contributed by atoms with Crippen molar-refractivity contribution in [1.82, 2.24) is 10.2 Å². The van der Waals surface area contributed by atoms with Crippen molar-refractivity contribution in [2.45, 2.75) is 19.8 Å². The van der Waals surface area contributed by atoms with Gasteiger partial charge in [0.2, 0.25) is 5.91 Å². The van der Waals surface area contributed by atoms with Crippen molar-refractivity contribution in [3.63, 3.8) is 0 Å². The number of hydrogen-bond donors (Lipinski definition) is 1. The van der Waals surface area contributed by atoms with E-state index in [-0.39, 0.29) is 5.91 Å². The number of ether oxygens (including phenoxy) is 1. The summed E-state index contributed by atoms with van der Waals surface area (Å²) in [6, 6.07) is 8.13. The number of rotatable bonds is 5. The van der Waals surface area contributed by atoms with Gasteiger partial charge in [0.1, 0.15) is 5.75 Å². The lowest BCUT2D eigenvalue weighted by Crippen LogP contribution is -2.36. The number of hydrogen-bond acceptors (Lipinski definition) is 3. The minimum Gasteiger partial charge on any atom is -0.494 e. The Kier molecular flexibility index (Phi) is 5.21. The number of nitrogens with one attached hydrogen (secondary N) is 1. The summed E-state index contributed by atoms with van der Waals surface area (Å²) in [6.45, 7) is 5.74. The molecule has 0 aliphatic carbocycles. The molecule has 1 aromatic rings. The summed E-state index contributed by atoms with van der Waals surface area (Å²) in [7, 11) is 0. The smallest absolute Gasteiger partial charge is 0.236 e. The Morgan fingerprint density at radius 3 is 2.84 bits per heavy atom. The lowest BCUT2D eigenvalue weighted by Gasteiger charge is -2.20. The fourth-order valence-electron chi connectivity index (χ4n) is 2.25. The Morgan fingerprint density at radius 1 is 1.32 bits per heavy atom. The van der Waals surface area contributed by atoms with Crippen LogP contribution >= 0.6 is 0 Å². The molecule has 1 aliphatic rings. The standard InChI is InChI=1S/C15H22N2O2/c1-2-19-14-6-4-13(5-7-14)8-11-17-10-3-9-16-12-15(17)18/h4-7,16H,2-3,8-12H2,1H3. The highest BCUT2D eigenvalue weighted by molar-refractivity contribution is 5.78. The third kappa shape index (κ3) is 4.24. The normalized spacial score (nSPS) is 16.3. The van der Waals surface area contributed by atoms with Crippen LogP contribution in [0.5, 0.6) is 5.75 Å². The fourth-order valence-corrected chi connectivity index (χ4v) is 2.25. The monoisotopic (exact) mass is 262 g/mol. The van der Waals surface area contributed by atoms with Crippen LogP contribution < -0.4 is 10.1 Å². The van der Waals surface area contributed by atoms with Crippen LogP contribution in [0.3, 0.4) is 0 Å². The zero-order valence-corrected chi connectivity index (χ0v) is 11.5. The first-order valence-electron chi connectivity index (χ1n) is 7.00. The molecule has 1 aliphatic heterocycles. The van der Waals surface area contributed by atoms with E-state index in [1.54, 1.807) is 0 Å². The average Bonchev–Trinajstić information content (AvgIpc) is 2.63. The first kappa shape index (κ1) is 13.9. The van der Waals surface area contributed by atoms with Gasteiger partial charge in [-0.15, -0.1) is 0 Å². The van der Waals surface area contributed by atoms with Crippen LogP contribution in [0.1, 0.15) is 18.9 Å². The topological polar surface area (TPSA) is 41.6 Å². The SMILES string of the molecule is CCOc1ccc(CCN2CCCNCC2=O)cc1. The minimum atomic E-state index is 0.212. The van der Waals surface area contributed by atoms with Crippen molar-refractivity contribution in [2.24, 2.45) is 0 Å². The van der Waals surface area contributed by atoms with E-state index in [1.807, 2.05) is 24.0 Å². The Morgan fingerprint density at radius 2 is 2.11 bits per heavy atom. The molecule has 1 N–H and O–H groups in total. The van der Waals surface area contributed by atoms with Gasteiger partial charge in [-0.05, 0) is 44.0 Å². The maximum atomic E-state index is 11.8. The molecule has 1 aromatic carbocycles. The van der Waals surface area contributed by atoms with Gasteiger partial charge in [-0.1, -0.05) is 12.1 Å². The van der Waals surface area contributed by atoms with Gasteiger partial charge in [0.05, 0.1) is 13.2 Å². The largest absolute Gasteiger partial charge is 0.494 e. The van der Waals surface area contributed by atoms with Gasteiger partial charge in [-0.3, -0.25) is 4.79 Å². The predicted molar refractivity (Wildman–Crippen MR) is 75.4 cm³/mol. The quantitative estimate of drug-likeness (QED) is 0.873. The van der Waals surface area contributed by atoms with Crippen LogP contribution in [0.4, 0.5) is 0 Å². The number of nitrogens with zero attached hydrogens (tertiary/aromatic N) is 1. The molecule has 4 nitrogen and oxygen atoms in total. The van der Waals surface area contributed by atoms with Crippen LogP contribution in [0, 0.1) is 0 Å². The van der Waals surface area contributed by atoms with Crippen molar-refractivity contribution in [3.05, 3.63) is 29.8 Å². The Hall–Kier alpha value is -1.55. The second kappa shape index (κ2) is 7.14.